The first-order valence-electron chi connectivity index (χ1n) is 5.63. The molecular weight excluding hydrogens is 251 g/mol. The van der Waals surface area contributed by atoms with Crippen molar-refractivity contribution in [2.45, 2.75) is 6.92 Å². The number of halogens is 1. The highest BCUT2D eigenvalue weighted by molar-refractivity contribution is 6.38. The molecule has 0 spiro atoms. The van der Waals surface area contributed by atoms with Crippen LogP contribution >= 0.6 is 0 Å². The molecule has 0 aliphatic rings. The number of carbonyl (C=O) groups excluding carboxylic acids is 2. The van der Waals surface area contributed by atoms with E-state index in [9.17, 15) is 14.0 Å². The van der Waals surface area contributed by atoms with Crippen LogP contribution < -0.4 is 5.32 Å². The molecule has 6 heteroatoms. The number of aromatic nitrogens is 1. The number of hydrogen-bond acceptors (Lipinski definition) is 4. The Kier molecular flexibility index (Phi) is 3.70. The minimum Gasteiger partial charge on any atom is -0.459 e. The quantitative estimate of drug-likeness (QED) is 0.662. The van der Waals surface area contributed by atoms with Gasteiger partial charge < -0.3 is 10.1 Å². The summed E-state index contributed by atoms with van der Waals surface area (Å²) in [5, 5.41) is 3.45. The standard InChI is InChI=1S/C13H11FN2O3/c1-2-19-13(18)12(17)16-11-6-9(14)5-8-7-15-4-3-10(8)11/h3-7H,2H2,1H3,(H,16,17). The Hall–Kier alpha value is -2.50. The maximum Gasteiger partial charge on any atom is 0.397 e. The van der Waals surface area contributed by atoms with E-state index in [0.29, 0.717) is 10.8 Å². The van der Waals surface area contributed by atoms with Crippen molar-refractivity contribution in [3.05, 3.63) is 36.4 Å². The number of amides is 1. The predicted molar refractivity (Wildman–Crippen MR) is 67.0 cm³/mol. The Morgan fingerprint density at radius 2 is 2.21 bits per heavy atom. The van der Waals surface area contributed by atoms with Gasteiger partial charge in [0.05, 0.1) is 12.3 Å². The molecule has 0 radical (unpaired) electrons. The second-order valence-electron chi connectivity index (χ2n) is 3.72. The Morgan fingerprint density at radius 1 is 1.42 bits per heavy atom. The summed E-state index contributed by atoms with van der Waals surface area (Å²) in [6, 6.07) is 4.05. The lowest BCUT2D eigenvalue weighted by atomic mass is 10.1. The van der Waals surface area contributed by atoms with Crippen molar-refractivity contribution in [3.8, 4) is 0 Å². The summed E-state index contributed by atoms with van der Waals surface area (Å²) in [7, 11) is 0. The molecule has 1 amide bonds. The van der Waals surface area contributed by atoms with Crippen molar-refractivity contribution in [3.63, 3.8) is 0 Å². The molecule has 0 aliphatic heterocycles. The molecule has 98 valence electrons. The van der Waals surface area contributed by atoms with E-state index >= 15 is 0 Å². The lowest BCUT2D eigenvalue weighted by molar-refractivity contribution is -0.152. The Balaban J connectivity index is 2.35. The zero-order valence-electron chi connectivity index (χ0n) is 10.1. The summed E-state index contributed by atoms with van der Waals surface area (Å²) in [6.07, 6.45) is 2.98. The highest BCUT2D eigenvalue weighted by Gasteiger charge is 2.16. The summed E-state index contributed by atoms with van der Waals surface area (Å²) >= 11 is 0. The van der Waals surface area contributed by atoms with E-state index in [1.807, 2.05) is 0 Å². The lowest BCUT2D eigenvalue weighted by Crippen LogP contribution is -2.25. The van der Waals surface area contributed by atoms with Gasteiger partial charge in [0.2, 0.25) is 0 Å². The van der Waals surface area contributed by atoms with Crippen LogP contribution in [0.4, 0.5) is 10.1 Å². The van der Waals surface area contributed by atoms with E-state index in [0.717, 1.165) is 6.07 Å². The van der Waals surface area contributed by atoms with Crippen LogP contribution in [0.2, 0.25) is 0 Å². The summed E-state index contributed by atoms with van der Waals surface area (Å²) in [5.41, 5.74) is 0.204. The number of hydrogen-bond donors (Lipinski definition) is 1. The van der Waals surface area contributed by atoms with E-state index in [-0.39, 0.29) is 12.3 Å². The molecule has 2 aromatic rings. The van der Waals surface area contributed by atoms with Crippen molar-refractivity contribution in [1.29, 1.82) is 0 Å². The van der Waals surface area contributed by atoms with Gasteiger partial charge in [-0.2, -0.15) is 0 Å². The normalized spacial score (nSPS) is 10.2. The molecule has 1 heterocycles. The third kappa shape index (κ3) is 2.85. The van der Waals surface area contributed by atoms with Crippen molar-refractivity contribution < 1.29 is 18.7 Å². The second-order valence-corrected chi connectivity index (χ2v) is 3.72. The highest BCUT2D eigenvalue weighted by atomic mass is 19.1. The highest BCUT2D eigenvalue weighted by Crippen LogP contribution is 2.24. The van der Waals surface area contributed by atoms with Crippen LogP contribution in [0.1, 0.15) is 6.92 Å². The molecule has 0 bridgehead atoms. The molecule has 0 aliphatic carbocycles. The number of rotatable bonds is 2. The van der Waals surface area contributed by atoms with E-state index in [2.05, 4.69) is 15.0 Å². The third-order valence-corrected chi connectivity index (χ3v) is 2.43. The first-order chi connectivity index (χ1) is 9.11. The summed E-state index contributed by atoms with van der Waals surface area (Å²) in [4.78, 5) is 26.6. The fraction of sp³-hybridized carbons (Fsp3) is 0.154. The van der Waals surface area contributed by atoms with E-state index < -0.39 is 17.7 Å². The van der Waals surface area contributed by atoms with Gasteiger partial charge in [0, 0.05) is 23.2 Å². The van der Waals surface area contributed by atoms with Gasteiger partial charge in [0.15, 0.2) is 0 Å². The van der Waals surface area contributed by atoms with Crippen molar-refractivity contribution in [2.24, 2.45) is 0 Å². The van der Waals surface area contributed by atoms with Gasteiger partial charge in [-0.05, 0) is 25.1 Å². The van der Waals surface area contributed by atoms with Crippen molar-refractivity contribution in [1.82, 2.24) is 4.98 Å². The van der Waals surface area contributed by atoms with Crippen LogP contribution in [0.15, 0.2) is 30.6 Å². The van der Waals surface area contributed by atoms with Crippen molar-refractivity contribution >= 4 is 28.3 Å². The predicted octanol–water partition coefficient (Wildman–Crippen LogP) is 1.88. The Labute approximate surface area is 108 Å². The average Bonchev–Trinajstić information content (AvgIpc) is 2.38. The van der Waals surface area contributed by atoms with Crippen LogP contribution in [0.25, 0.3) is 10.8 Å². The topological polar surface area (TPSA) is 68.3 Å². The number of esters is 1. The van der Waals surface area contributed by atoms with E-state index in [4.69, 9.17) is 0 Å². The van der Waals surface area contributed by atoms with Crippen molar-refractivity contribution in [2.75, 3.05) is 11.9 Å². The largest absolute Gasteiger partial charge is 0.459 e. The first kappa shape index (κ1) is 12.9. The summed E-state index contributed by atoms with van der Waals surface area (Å²) in [5.74, 6) is -2.47. The zero-order valence-corrected chi connectivity index (χ0v) is 10.1. The molecular formula is C13H11FN2O3. The fourth-order valence-corrected chi connectivity index (χ4v) is 1.65. The van der Waals surface area contributed by atoms with Gasteiger partial charge >= 0.3 is 11.9 Å². The molecule has 2 rings (SSSR count). The molecule has 1 N–H and O–H groups in total. The molecule has 0 fully saturated rings. The van der Waals surface area contributed by atoms with E-state index in [1.165, 1.54) is 18.5 Å². The van der Waals surface area contributed by atoms with Gasteiger partial charge in [-0.15, -0.1) is 0 Å². The van der Waals surface area contributed by atoms with Gasteiger partial charge in [0.1, 0.15) is 5.82 Å². The zero-order chi connectivity index (χ0) is 13.8. The van der Waals surface area contributed by atoms with Crippen LogP contribution in [0.5, 0.6) is 0 Å². The number of fused-ring (bicyclic) bond motifs is 1. The maximum atomic E-state index is 13.4. The number of pyridine rings is 1. The molecule has 0 unspecified atom stereocenters. The van der Waals surface area contributed by atoms with Crippen LogP contribution in [0, 0.1) is 5.82 Å². The minimum atomic E-state index is -1.01. The Bertz CT molecular complexity index is 643. The SMILES string of the molecule is CCOC(=O)C(=O)Nc1cc(F)cc2cnccc12. The first-order valence-corrected chi connectivity index (χ1v) is 5.63. The average molecular weight is 262 g/mol. The lowest BCUT2D eigenvalue weighted by Gasteiger charge is -2.08. The molecule has 1 aromatic carbocycles. The summed E-state index contributed by atoms with van der Waals surface area (Å²) < 4.78 is 18.0. The van der Waals surface area contributed by atoms with Crippen LogP contribution in [-0.2, 0) is 14.3 Å². The van der Waals surface area contributed by atoms with Gasteiger partial charge in [0.25, 0.3) is 0 Å². The number of nitrogens with one attached hydrogen (secondary N) is 1. The van der Waals surface area contributed by atoms with Crippen LogP contribution in [0.3, 0.4) is 0 Å². The number of nitrogens with zero attached hydrogens (tertiary/aromatic N) is 1. The second kappa shape index (κ2) is 5.43. The molecule has 1 aromatic heterocycles. The van der Waals surface area contributed by atoms with Gasteiger partial charge in [-0.1, -0.05) is 0 Å². The molecule has 0 saturated heterocycles. The number of benzene rings is 1. The third-order valence-electron chi connectivity index (χ3n) is 2.43. The fourth-order valence-electron chi connectivity index (χ4n) is 1.65. The Morgan fingerprint density at radius 3 is 2.95 bits per heavy atom. The molecule has 5 nitrogen and oxygen atoms in total. The number of ether oxygens (including phenoxy) is 1. The monoisotopic (exact) mass is 262 g/mol. The number of carbonyl (C=O) groups is 2. The van der Waals surface area contributed by atoms with Crippen LogP contribution in [-0.4, -0.2) is 23.5 Å². The van der Waals surface area contributed by atoms with E-state index in [1.54, 1.807) is 13.0 Å². The smallest absolute Gasteiger partial charge is 0.397 e. The number of anilines is 1. The van der Waals surface area contributed by atoms with Gasteiger partial charge in [-0.3, -0.25) is 9.78 Å². The minimum absolute atomic E-state index is 0.0973. The van der Waals surface area contributed by atoms with Gasteiger partial charge in [-0.25, -0.2) is 9.18 Å². The molecule has 19 heavy (non-hydrogen) atoms. The molecule has 0 saturated carbocycles. The maximum absolute atomic E-state index is 13.4. The summed E-state index contributed by atoms with van der Waals surface area (Å²) in [6.45, 7) is 1.69. The molecule has 0 atom stereocenters.